The maximum Gasteiger partial charge on any atom is 0.00331 e. The van der Waals surface area contributed by atoms with E-state index < -0.39 is 0 Å². The summed E-state index contributed by atoms with van der Waals surface area (Å²) in [6, 6.07) is 0. The molecule has 0 aromatic rings. The number of hydrogen-bond donors (Lipinski definition) is 1. The second-order valence-corrected chi connectivity index (χ2v) is 1.82. The number of nitrogens with one attached hydrogen (secondary N) is 1. The van der Waals surface area contributed by atoms with Gasteiger partial charge in [0.25, 0.3) is 0 Å². The summed E-state index contributed by atoms with van der Waals surface area (Å²) in [5.74, 6) is 0. The van der Waals surface area contributed by atoms with Crippen molar-refractivity contribution in [3.05, 3.63) is 24.3 Å². The Bertz CT molecular complexity index is 123. The summed E-state index contributed by atoms with van der Waals surface area (Å²) >= 11 is 0. The van der Waals surface area contributed by atoms with Gasteiger partial charge in [-0.25, -0.2) is 0 Å². The highest BCUT2D eigenvalue weighted by Gasteiger charge is 1.86. The van der Waals surface area contributed by atoms with Crippen molar-refractivity contribution in [2.24, 2.45) is 0 Å². The Labute approximate surface area is 56.6 Å². The molecule has 0 atom stereocenters. The molecule has 0 aromatic carbocycles. The Balaban J connectivity index is 3.79. The smallest absolute Gasteiger partial charge is 0.00331 e. The monoisotopic (exact) mass is 123 g/mol. The summed E-state index contributed by atoms with van der Waals surface area (Å²) in [7, 11) is 0. The lowest BCUT2D eigenvalue weighted by atomic mass is 10.1. The highest BCUT2D eigenvalue weighted by atomic mass is 14.3. The lowest BCUT2D eigenvalue weighted by Gasteiger charge is -1.94. The van der Waals surface area contributed by atoms with E-state index >= 15 is 0 Å². The average Bonchev–Trinajstić information content (AvgIpc) is 1.88. The first-order chi connectivity index (χ1) is 4.35. The fraction of sp³-hybridized carbons (Fsp3) is 0.375. The minimum atomic E-state index is 0.766. The Morgan fingerprint density at radius 3 is 2.67 bits per heavy atom. The molecule has 0 rings (SSSR count). The molecule has 1 heteroatoms. The zero-order valence-corrected chi connectivity index (χ0v) is 5.85. The Morgan fingerprint density at radius 1 is 1.67 bits per heavy atom. The van der Waals surface area contributed by atoms with Crippen LogP contribution >= 0.6 is 0 Å². The molecular weight excluding hydrogens is 110 g/mol. The molecule has 0 radical (unpaired) electrons. The van der Waals surface area contributed by atoms with Gasteiger partial charge in [-0.1, -0.05) is 31.2 Å². The molecule has 0 heterocycles. The summed E-state index contributed by atoms with van der Waals surface area (Å²) in [5, 5.41) is 6.81. The largest absolute Gasteiger partial charge is 0.313 e. The van der Waals surface area contributed by atoms with Crippen LogP contribution in [0.4, 0.5) is 0 Å². The molecule has 0 saturated heterocycles. The van der Waals surface area contributed by atoms with Crippen molar-refractivity contribution >= 4 is 6.21 Å². The number of hydrogen-bond acceptors (Lipinski definition) is 1. The summed E-state index contributed by atoms with van der Waals surface area (Å²) in [4.78, 5) is 0. The molecule has 0 aliphatic heterocycles. The molecule has 1 nitrogen and oxygen atoms in total. The van der Waals surface area contributed by atoms with Crippen molar-refractivity contribution in [2.45, 2.75) is 19.8 Å². The second kappa shape index (κ2) is 5.29. The van der Waals surface area contributed by atoms with Gasteiger partial charge in [-0.2, -0.15) is 0 Å². The standard InChI is InChI=1S/C8H13N/c1-3-5-8(4-2)6-7-9/h3,5,7,9H,1,4,6H2,2H3/b8-5+,9-7?. The van der Waals surface area contributed by atoms with E-state index in [4.69, 9.17) is 5.41 Å². The van der Waals surface area contributed by atoms with E-state index in [2.05, 4.69) is 13.5 Å². The van der Waals surface area contributed by atoms with Gasteiger partial charge in [0.05, 0.1) is 0 Å². The minimum absolute atomic E-state index is 0.766. The van der Waals surface area contributed by atoms with Crippen molar-refractivity contribution in [3.8, 4) is 0 Å². The molecule has 0 saturated carbocycles. The Morgan fingerprint density at radius 2 is 2.33 bits per heavy atom. The van der Waals surface area contributed by atoms with Crippen LogP contribution in [-0.4, -0.2) is 6.21 Å². The van der Waals surface area contributed by atoms with E-state index in [1.807, 2.05) is 6.08 Å². The molecule has 0 amide bonds. The van der Waals surface area contributed by atoms with Gasteiger partial charge in [-0.05, 0) is 12.6 Å². The van der Waals surface area contributed by atoms with Crippen LogP contribution in [0.2, 0.25) is 0 Å². The van der Waals surface area contributed by atoms with Crippen molar-refractivity contribution in [1.82, 2.24) is 0 Å². The molecule has 0 aliphatic carbocycles. The minimum Gasteiger partial charge on any atom is -0.313 e. The third-order valence-electron chi connectivity index (χ3n) is 1.17. The van der Waals surface area contributed by atoms with Crippen LogP contribution in [0.15, 0.2) is 24.3 Å². The molecule has 0 fully saturated rings. The predicted octanol–water partition coefficient (Wildman–Crippen LogP) is 2.55. The van der Waals surface area contributed by atoms with Crippen molar-refractivity contribution in [2.75, 3.05) is 0 Å². The number of rotatable bonds is 4. The zero-order chi connectivity index (χ0) is 7.11. The van der Waals surface area contributed by atoms with Gasteiger partial charge < -0.3 is 5.41 Å². The normalized spacial score (nSPS) is 11.0. The van der Waals surface area contributed by atoms with Crippen molar-refractivity contribution in [1.29, 1.82) is 5.41 Å². The molecule has 0 aromatic heterocycles. The molecule has 0 spiro atoms. The maximum absolute atomic E-state index is 6.81. The van der Waals surface area contributed by atoms with Gasteiger partial charge in [-0.3, -0.25) is 0 Å². The lowest BCUT2D eigenvalue weighted by molar-refractivity contribution is 1.06. The van der Waals surface area contributed by atoms with Crippen molar-refractivity contribution < 1.29 is 0 Å². The van der Waals surface area contributed by atoms with Crippen LogP contribution in [0.5, 0.6) is 0 Å². The van der Waals surface area contributed by atoms with E-state index in [0.29, 0.717) is 0 Å². The SMILES string of the molecule is C=C/C=C(\CC)CC=N. The summed E-state index contributed by atoms with van der Waals surface area (Å²) in [5.41, 5.74) is 1.26. The van der Waals surface area contributed by atoms with Crippen LogP contribution in [-0.2, 0) is 0 Å². The quantitative estimate of drug-likeness (QED) is 0.439. The van der Waals surface area contributed by atoms with Gasteiger partial charge in [0.1, 0.15) is 0 Å². The molecule has 50 valence electrons. The highest BCUT2D eigenvalue weighted by Crippen LogP contribution is 2.03. The molecule has 1 N–H and O–H groups in total. The van der Waals surface area contributed by atoms with E-state index in [-0.39, 0.29) is 0 Å². The van der Waals surface area contributed by atoms with Crippen LogP contribution < -0.4 is 0 Å². The first kappa shape index (κ1) is 8.15. The molecular formula is C8H13N. The second-order valence-electron chi connectivity index (χ2n) is 1.82. The Hall–Kier alpha value is -0.850. The fourth-order valence-corrected chi connectivity index (χ4v) is 0.628. The van der Waals surface area contributed by atoms with Gasteiger partial charge >= 0.3 is 0 Å². The van der Waals surface area contributed by atoms with Crippen LogP contribution in [0.3, 0.4) is 0 Å². The van der Waals surface area contributed by atoms with E-state index in [1.165, 1.54) is 11.8 Å². The summed E-state index contributed by atoms with van der Waals surface area (Å²) in [6.07, 6.45) is 6.93. The first-order valence-electron chi connectivity index (χ1n) is 3.14. The van der Waals surface area contributed by atoms with Gasteiger partial charge in [0.15, 0.2) is 0 Å². The first-order valence-corrected chi connectivity index (χ1v) is 3.14. The zero-order valence-electron chi connectivity index (χ0n) is 5.85. The van der Waals surface area contributed by atoms with Gasteiger partial charge in [0.2, 0.25) is 0 Å². The van der Waals surface area contributed by atoms with Crippen molar-refractivity contribution in [3.63, 3.8) is 0 Å². The van der Waals surface area contributed by atoms with E-state index in [0.717, 1.165) is 12.8 Å². The molecule has 0 aliphatic rings. The van der Waals surface area contributed by atoms with Crippen LogP contribution in [0, 0.1) is 5.41 Å². The topological polar surface area (TPSA) is 23.9 Å². The van der Waals surface area contributed by atoms with Gasteiger partial charge in [-0.15, -0.1) is 0 Å². The highest BCUT2D eigenvalue weighted by molar-refractivity contribution is 5.57. The molecule has 0 unspecified atom stereocenters. The maximum atomic E-state index is 6.81. The predicted molar refractivity (Wildman–Crippen MR) is 42.0 cm³/mol. The molecule has 9 heavy (non-hydrogen) atoms. The van der Waals surface area contributed by atoms with E-state index in [9.17, 15) is 0 Å². The van der Waals surface area contributed by atoms with Gasteiger partial charge in [0, 0.05) is 6.42 Å². The summed E-state index contributed by atoms with van der Waals surface area (Å²) in [6.45, 7) is 5.66. The third kappa shape index (κ3) is 3.71. The average molecular weight is 123 g/mol. The molecule has 0 bridgehead atoms. The third-order valence-corrected chi connectivity index (χ3v) is 1.17. The lowest BCUT2D eigenvalue weighted by Crippen LogP contribution is -1.79. The summed E-state index contributed by atoms with van der Waals surface area (Å²) < 4.78 is 0. The fourth-order valence-electron chi connectivity index (χ4n) is 0.628. The Kier molecular flexibility index (Phi) is 4.79. The van der Waals surface area contributed by atoms with Crippen LogP contribution in [0.1, 0.15) is 19.8 Å². The number of allylic oxidation sites excluding steroid dienone is 3. The van der Waals surface area contributed by atoms with E-state index in [1.54, 1.807) is 6.08 Å². The van der Waals surface area contributed by atoms with Crippen LogP contribution in [0.25, 0.3) is 0 Å².